The first-order valence-corrected chi connectivity index (χ1v) is 9.51. The largest absolute Gasteiger partial charge is 0.497 e. The zero-order valence-electron chi connectivity index (χ0n) is 15.1. The van der Waals surface area contributed by atoms with E-state index in [9.17, 15) is 4.79 Å². The van der Waals surface area contributed by atoms with Gasteiger partial charge in [-0.05, 0) is 55.1 Å². The van der Waals surface area contributed by atoms with Crippen LogP contribution in [-0.2, 0) is 11.3 Å². The van der Waals surface area contributed by atoms with Gasteiger partial charge in [-0.25, -0.2) is 0 Å². The number of anilines is 1. The third-order valence-electron chi connectivity index (χ3n) is 3.97. The van der Waals surface area contributed by atoms with Crippen LogP contribution in [0.25, 0.3) is 0 Å². The lowest BCUT2D eigenvalue weighted by atomic mass is 10.2. The zero-order chi connectivity index (χ0) is 18.1. The summed E-state index contributed by atoms with van der Waals surface area (Å²) in [7, 11) is 1.64. The van der Waals surface area contributed by atoms with Crippen molar-refractivity contribution in [2.24, 2.45) is 0 Å². The van der Waals surface area contributed by atoms with E-state index in [0.29, 0.717) is 5.75 Å². The Kier molecular flexibility index (Phi) is 7.82. The second kappa shape index (κ2) is 10.1. The fraction of sp³-hybridized carbons (Fsp3) is 0.350. The molecule has 0 heterocycles. The van der Waals surface area contributed by atoms with Gasteiger partial charge < -0.3 is 10.1 Å². The van der Waals surface area contributed by atoms with Gasteiger partial charge in [0.2, 0.25) is 5.91 Å². The van der Waals surface area contributed by atoms with E-state index in [1.165, 1.54) is 17.3 Å². The zero-order valence-corrected chi connectivity index (χ0v) is 15.9. The number of benzene rings is 2. The van der Waals surface area contributed by atoms with Gasteiger partial charge in [0.25, 0.3) is 0 Å². The minimum absolute atomic E-state index is 0.00249. The van der Waals surface area contributed by atoms with Crippen molar-refractivity contribution >= 4 is 23.4 Å². The van der Waals surface area contributed by atoms with E-state index in [4.69, 9.17) is 4.74 Å². The number of nitrogens with zero attached hydrogens (tertiary/aromatic N) is 1. The molecule has 0 saturated carbocycles. The van der Waals surface area contributed by atoms with Crippen molar-refractivity contribution < 1.29 is 9.53 Å². The van der Waals surface area contributed by atoms with Crippen molar-refractivity contribution in [3.8, 4) is 5.75 Å². The Balaban J connectivity index is 1.81. The molecule has 0 atom stereocenters. The van der Waals surface area contributed by atoms with Crippen molar-refractivity contribution in [3.63, 3.8) is 0 Å². The molecular weight excluding hydrogens is 332 g/mol. The van der Waals surface area contributed by atoms with Crippen LogP contribution in [0.4, 0.5) is 5.69 Å². The van der Waals surface area contributed by atoms with E-state index >= 15 is 0 Å². The molecule has 0 aliphatic rings. The Morgan fingerprint density at radius 3 is 2.24 bits per heavy atom. The van der Waals surface area contributed by atoms with E-state index in [1.807, 2.05) is 36.4 Å². The molecule has 0 bridgehead atoms. The van der Waals surface area contributed by atoms with Crippen LogP contribution in [0.5, 0.6) is 5.75 Å². The summed E-state index contributed by atoms with van der Waals surface area (Å²) in [5.74, 6) is 1.20. The van der Waals surface area contributed by atoms with Crippen LogP contribution >= 0.6 is 11.8 Å². The highest BCUT2D eigenvalue weighted by atomic mass is 32.2. The Bertz CT molecular complexity index is 652. The highest BCUT2D eigenvalue weighted by Crippen LogP contribution is 2.21. The van der Waals surface area contributed by atoms with Crippen LogP contribution < -0.4 is 10.1 Å². The molecule has 1 N–H and O–H groups in total. The predicted molar refractivity (Wildman–Crippen MR) is 105 cm³/mol. The molecule has 0 spiro atoms. The van der Waals surface area contributed by atoms with Crippen molar-refractivity contribution in [1.29, 1.82) is 0 Å². The van der Waals surface area contributed by atoms with Crippen molar-refractivity contribution in [3.05, 3.63) is 54.1 Å². The van der Waals surface area contributed by atoms with Crippen LogP contribution in [-0.4, -0.2) is 36.8 Å². The van der Waals surface area contributed by atoms with E-state index in [-0.39, 0.29) is 5.91 Å². The maximum absolute atomic E-state index is 12.1. The maximum Gasteiger partial charge on any atom is 0.234 e. The first kappa shape index (κ1) is 19.3. The molecular formula is C20H26N2O2S. The fourth-order valence-electron chi connectivity index (χ4n) is 2.42. The van der Waals surface area contributed by atoms with Crippen molar-refractivity contribution in [2.45, 2.75) is 25.3 Å². The number of methoxy groups -OCH3 is 1. The number of carbonyl (C=O) groups excluding carboxylic acids is 1. The standard InChI is InChI=1S/C20H26N2O2S/c1-4-22(5-2)14-16-6-8-17(9-7-16)21-20(23)15-25-19-12-10-18(24-3)11-13-19/h6-13H,4-5,14-15H2,1-3H3,(H,21,23). The average molecular weight is 359 g/mol. The van der Waals surface area contributed by atoms with Gasteiger partial charge in [0.15, 0.2) is 0 Å². The van der Waals surface area contributed by atoms with Gasteiger partial charge >= 0.3 is 0 Å². The number of amides is 1. The Morgan fingerprint density at radius 2 is 1.68 bits per heavy atom. The summed E-state index contributed by atoms with van der Waals surface area (Å²) < 4.78 is 5.13. The molecule has 0 saturated heterocycles. The summed E-state index contributed by atoms with van der Waals surface area (Å²) in [5, 5.41) is 2.95. The van der Waals surface area contributed by atoms with Crippen LogP contribution in [0, 0.1) is 0 Å². The molecule has 1 amide bonds. The second-order valence-corrected chi connectivity index (χ2v) is 6.72. The molecule has 0 unspecified atom stereocenters. The van der Waals surface area contributed by atoms with Gasteiger partial charge in [0.05, 0.1) is 12.9 Å². The van der Waals surface area contributed by atoms with E-state index in [0.717, 1.165) is 36.0 Å². The number of hydrogen-bond donors (Lipinski definition) is 1. The summed E-state index contributed by atoms with van der Waals surface area (Å²) in [6, 6.07) is 15.8. The molecule has 0 radical (unpaired) electrons. The van der Waals surface area contributed by atoms with E-state index in [2.05, 4.69) is 36.2 Å². The first-order valence-electron chi connectivity index (χ1n) is 8.52. The molecule has 25 heavy (non-hydrogen) atoms. The van der Waals surface area contributed by atoms with Gasteiger partial charge in [0.1, 0.15) is 5.75 Å². The van der Waals surface area contributed by atoms with Gasteiger partial charge in [-0.2, -0.15) is 0 Å². The molecule has 134 valence electrons. The number of rotatable bonds is 9. The summed E-state index contributed by atoms with van der Waals surface area (Å²) in [6.07, 6.45) is 0. The van der Waals surface area contributed by atoms with Crippen LogP contribution in [0.2, 0.25) is 0 Å². The van der Waals surface area contributed by atoms with E-state index in [1.54, 1.807) is 7.11 Å². The Morgan fingerprint density at radius 1 is 1.04 bits per heavy atom. The maximum atomic E-state index is 12.1. The Labute approximate surface area is 154 Å². The monoisotopic (exact) mass is 358 g/mol. The van der Waals surface area contributed by atoms with Crippen molar-refractivity contribution in [1.82, 2.24) is 4.90 Å². The SMILES string of the molecule is CCN(CC)Cc1ccc(NC(=O)CSc2ccc(OC)cc2)cc1. The van der Waals surface area contributed by atoms with Gasteiger partial charge in [0, 0.05) is 17.1 Å². The highest BCUT2D eigenvalue weighted by Gasteiger charge is 2.05. The van der Waals surface area contributed by atoms with Gasteiger partial charge in [-0.1, -0.05) is 26.0 Å². The molecule has 5 heteroatoms. The van der Waals surface area contributed by atoms with Crippen LogP contribution in [0.15, 0.2) is 53.4 Å². The second-order valence-electron chi connectivity index (χ2n) is 5.67. The van der Waals surface area contributed by atoms with E-state index < -0.39 is 0 Å². The minimum Gasteiger partial charge on any atom is -0.497 e. The molecule has 0 aliphatic heterocycles. The molecule has 4 nitrogen and oxygen atoms in total. The lowest BCUT2D eigenvalue weighted by molar-refractivity contribution is -0.113. The molecule has 2 aromatic carbocycles. The van der Waals surface area contributed by atoms with Crippen molar-refractivity contribution in [2.75, 3.05) is 31.3 Å². The number of thioether (sulfide) groups is 1. The summed E-state index contributed by atoms with van der Waals surface area (Å²) in [5.41, 5.74) is 2.10. The number of ether oxygens (including phenoxy) is 1. The smallest absolute Gasteiger partial charge is 0.234 e. The number of carbonyl (C=O) groups is 1. The number of nitrogens with one attached hydrogen (secondary N) is 1. The summed E-state index contributed by atoms with van der Waals surface area (Å²) in [4.78, 5) is 15.5. The molecule has 0 fully saturated rings. The predicted octanol–water partition coefficient (Wildman–Crippen LogP) is 4.27. The molecule has 2 rings (SSSR count). The normalized spacial score (nSPS) is 10.7. The summed E-state index contributed by atoms with van der Waals surface area (Å²) in [6.45, 7) is 7.35. The topological polar surface area (TPSA) is 41.6 Å². The highest BCUT2D eigenvalue weighted by molar-refractivity contribution is 8.00. The third-order valence-corrected chi connectivity index (χ3v) is 4.98. The van der Waals surface area contributed by atoms with Crippen LogP contribution in [0.1, 0.15) is 19.4 Å². The minimum atomic E-state index is -0.00249. The lowest BCUT2D eigenvalue weighted by Crippen LogP contribution is -2.22. The molecule has 2 aromatic rings. The van der Waals surface area contributed by atoms with Gasteiger partial charge in [-0.15, -0.1) is 11.8 Å². The summed E-state index contributed by atoms with van der Waals surface area (Å²) >= 11 is 1.51. The Hall–Kier alpha value is -1.98. The third kappa shape index (κ3) is 6.44. The average Bonchev–Trinajstić information content (AvgIpc) is 2.66. The van der Waals surface area contributed by atoms with Gasteiger partial charge in [-0.3, -0.25) is 9.69 Å². The van der Waals surface area contributed by atoms with Crippen LogP contribution in [0.3, 0.4) is 0 Å². The lowest BCUT2D eigenvalue weighted by Gasteiger charge is -2.18. The molecule has 0 aliphatic carbocycles. The quantitative estimate of drug-likeness (QED) is 0.680. The first-order chi connectivity index (χ1) is 12.1. The number of hydrogen-bond acceptors (Lipinski definition) is 4. The fourth-order valence-corrected chi connectivity index (χ4v) is 3.12. The molecule has 0 aromatic heterocycles.